The van der Waals surface area contributed by atoms with E-state index in [1.807, 2.05) is 39.0 Å². The smallest absolute Gasteiger partial charge is 0.315 e. The molecule has 0 heterocycles. The van der Waals surface area contributed by atoms with E-state index in [1.165, 1.54) is 6.42 Å². The second kappa shape index (κ2) is 6.38. The number of rotatable bonds is 4. The van der Waals surface area contributed by atoms with E-state index in [0.29, 0.717) is 5.41 Å². The average Bonchev–Trinajstić information content (AvgIpc) is 2.77. The average molecular weight is 314 g/mol. The van der Waals surface area contributed by atoms with Gasteiger partial charge in [0.25, 0.3) is 0 Å². The Morgan fingerprint density at radius 3 is 2.61 bits per heavy atom. The topological polar surface area (TPSA) is 41.1 Å². The molecule has 2 N–H and O–H groups in total. The first-order valence-corrected chi connectivity index (χ1v) is 8.44. The number of benzene rings is 1. The monoisotopic (exact) mass is 314 g/mol. The molecule has 2 amide bonds. The van der Waals surface area contributed by atoms with Crippen LogP contribution >= 0.6 is 0 Å². The van der Waals surface area contributed by atoms with Crippen molar-refractivity contribution in [1.29, 1.82) is 0 Å². The van der Waals surface area contributed by atoms with Gasteiger partial charge in [0.1, 0.15) is 0 Å². The third-order valence-corrected chi connectivity index (χ3v) is 4.81. The Morgan fingerprint density at radius 1 is 1.35 bits per heavy atom. The van der Waals surface area contributed by atoms with Gasteiger partial charge in [0.2, 0.25) is 0 Å². The van der Waals surface area contributed by atoms with Crippen LogP contribution in [0.2, 0.25) is 0 Å². The Morgan fingerprint density at radius 2 is 2.04 bits per heavy atom. The highest BCUT2D eigenvalue weighted by molar-refractivity contribution is 5.75. The molecule has 1 aromatic rings. The summed E-state index contributed by atoms with van der Waals surface area (Å²) in [6.07, 6.45) is 3.28. The molecule has 0 saturated heterocycles. The van der Waals surface area contributed by atoms with Gasteiger partial charge in [-0.25, -0.2) is 4.79 Å². The predicted molar refractivity (Wildman–Crippen MR) is 97.3 cm³/mol. The van der Waals surface area contributed by atoms with Gasteiger partial charge in [0.05, 0.1) is 5.54 Å². The quantitative estimate of drug-likeness (QED) is 0.821. The molecule has 23 heavy (non-hydrogen) atoms. The van der Waals surface area contributed by atoms with Crippen molar-refractivity contribution in [1.82, 2.24) is 10.6 Å². The second-order valence-corrected chi connectivity index (χ2v) is 8.19. The first-order chi connectivity index (χ1) is 10.6. The van der Waals surface area contributed by atoms with Crippen molar-refractivity contribution in [2.75, 3.05) is 0 Å². The van der Waals surface area contributed by atoms with Gasteiger partial charge in [-0.3, -0.25) is 0 Å². The fourth-order valence-corrected chi connectivity index (χ4v) is 3.31. The molecule has 1 unspecified atom stereocenters. The maximum atomic E-state index is 12.4. The molecule has 0 spiro atoms. The van der Waals surface area contributed by atoms with Crippen molar-refractivity contribution in [3.8, 4) is 0 Å². The molecule has 0 aromatic heterocycles. The largest absolute Gasteiger partial charge is 0.335 e. The Balaban J connectivity index is 2.01. The summed E-state index contributed by atoms with van der Waals surface area (Å²) in [7, 11) is 0. The minimum Gasteiger partial charge on any atom is -0.335 e. The van der Waals surface area contributed by atoms with E-state index >= 15 is 0 Å². The minimum atomic E-state index is -0.427. The molecular formula is C20H30N2O. The fourth-order valence-electron chi connectivity index (χ4n) is 3.31. The van der Waals surface area contributed by atoms with Crippen LogP contribution in [0.15, 0.2) is 30.8 Å². The summed E-state index contributed by atoms with van der Waals surface area (Å²) in [5, 5.41) is 6.24. The molecule has 1 aliphatic carbocycles. The van der Waals surface area contributed by atoms with Crippen molar-refractivity contribution < 1.29 is 4.79 Å². The van der Waals surface area contributed by atoms with Crippen LogP contribution in [0.5, 0.6) is 0 Å². The summed E-state index contributed by atoms with van der Waals surface area (Å²) in [5.41, 5.74) is 3.13. The van der Waals surface area contributed by atoms with Crippen LogP contribution < -0.4 is 10.6 Å². The zero-order chi connectivity index (χ0) is 17.3. The van der Waals surface area contributed by atoms with Crippen LogP contribution in [0.1, 0.15) is 65.0 Å². The van der Waals surface area contributed by atoms with E-state index in [0.717, 1.165) is 29.5 Å². The first-order valence-electron chi connectivity index (χ1n) is 8.44. The van der Waals surface area contributed by atoms with Crippen LogP contribution in [0.4, 0.5) is 4.79 Å². The second-order valence-electron chi connectivity index (χ2n) is 8.19. The third-order valence-electron chi connectivity index (χ3n) is 4.81. The highest BCUT2D eigenvalue weighted by Gasteiger charge is 2.32. The minimum absolute atomic E-state index is 0.0848. The zero-order valence-corrected chi connectivity index (χ0v) is 15.1. The van der Waals surface area contributed by atoms with E-state index in [-0.39, 0.29) is 12.1 Å². The van der Waals surface area contributed by atoms with Gasteiger partial charge in [-0.15, -0.1) is 0 Å². The molecule has 0 aliphatic heterocycles. The van der Waals surface area contributed by atoms with Gasteiger partial charge >= 0.3 is 6.03 Å². The number of hydrogen-bond acceptors (Lipinski definition) is 1. The van der Waals surface area contributed by atoms with Crippen LogP contribution in [-0.2, 0) is 5.54 Å². The summed E-state index contributed by atoms with van der Waals surface area (Å²) in [4.78, 5) is 12.4. The van der Waals surface area contributed by atoms with Crippen LogP contribution in [0, 0.1) is 5.41 Å². The van der Waals surface area contributed by atoms with Crippen LogP contribution in [0.3, 0.4) is 0 Å². The van der Waals surface area contributed by atoms with Gasteiger partial charge in [0, 0.05) is 6.04 Å². The lowest BCUT2D eigenvalue weighted by molar-refractivity contribution is 0.225. The zero-order valence-electron chi connectivity index (χ0n) is 15.1. The van der Waals surface area contributed by atoms with Crippen LogP contribution in [-0.4, -0.2) is 12.1 Å². The number of allylic oxidation sites excluding steroid dienone is 1. The molecule has 2 rings (SSSR count). The number of urea groups is 1. The maximum absolute atomic E-state index is 12.4. The Hall–Kier alpha value is -1.77. The number of nitrogens with one attached hydrogen (secondary N) is 2. The third kappa shape index (κ3) is 4.60. The number of carbonyl (C=O) groups excluding carboxylic acids is 1. The maximum Gasteiger partial charge on any atom is 0.315 e. The predicted octanol–water partition coefficient (Wildman–Crippen LogP) is 4.83. The molecular weight excluding hydrogens is 284 g/mol. The highest BCUT2D eigenvalue weighted by Crippen LogP contribution is 2.36. The van der Waals surface area contributed by atoms with Gasteiger partial charge < -0.3 is 10.6 Å². The van der Waals surface area contributed by atoms with Gasteiger partial charge in [-0.05, 0) is 62.6 Å². The fraction of sp³-hybridized carbons (Fsp3) is 0.550. The highest BCUT2D eigenvalue weighted by atomic mass is 16.2. The molecule has 1 aromatic carbocycles. The van der Waals surface area contributed by atoms with Gasteiger partial charge in [0.15, 0.2) is 0 Å². The van der Waals surface area contributed by atoms with E-state index < -0.39 is 5.54 Å². The van der Waals surface area contributed by atoms with Crippen molar-refractivity contribution >= 4 is 11.6 Å². The molecule has 1 aliphatic rings. The molecule has 1 saturated carbocycles. The number of amides is 2. The Labute approximate surface area is 140 Å². The van der Waals surface area contributed by atoms with Crippen molar-refractivity contribution in [2.24, 2.45) is 5.41 Å². The summed E-state index contributed by atoms with van der Waals surface area (Å²) >= 11 is 0. The standard InChI is InChI=1S/C20H30N2O/c1-14(2)15-8-7-9-16(12-15)20(5,6)22-18(23)21-17-10-11-19(3,4)13-17/h7-9,12,17H,1,10-11,13H2,2-6H3,(H2,21,22,23). The van der Waals surface area contributed by atoms with Gasteiger partial charge in [-0.1, -0.05) is 44.2 Å². The Bertz CT molecular complexity index is 601. The molecule has 1 fully saturated rings. The molecule has 1 atom stereocenters. The van der Waals surface area contributed by atoms with Crippen molar-refractivity contribution in [2.45, 2.75) is 65.5 Å². The molecule has 3 heteroatoms. The van der Waals surface area contributed by atoms with E-state index in [1.54, 1.807) is 0 Å². The number of hydrogen-bond donors (Lipinski definition) is 2. The molecule has 3 nitrogen and oxygen atoms in total. The summed E-state index contributed by atoms with van der Waals surface area (Å²) < 4.78 is 0. The van der Waals surface area contributed by atoms with E-state index in [4.69, 9.17) is 0 Å². The van der Waals surface area contributed by atoms with Crippen LogP contribution in [0.25, 0.3) is 5.57 Å². The summed E-state index contributed by atoms with van der Waals surface area (Å²) in [6.45, 7) is 14.6. The van der Waals surface area contributed by atoms with E-state index in [9.17, 15) is 4.79 Å². The Kier molecular flexibility index (Phi) is 4.88. The lowest BCUT2D eigenvalue weighted by atomic mass is 9.91. The normalized spacial score (nSPS) is 20.1. The first kappa shape index (κ1) is 17.6. The van der Waals surface area contributed by atoms with Crippen molar-refractivity contribution in [3.05, 3.63) is 42.0 Å². The lowest BCUT2D eigenvalue weighted by Crippen LogP contribution is -2.49. The van der Waals surface area contributed by atoms with Gasteiger partial charge in [-0.2, -0.15) is 0 Å². The van der Waals surface area contributed by atoms with E-state index in [2.05, 4.69) is 37.1 Å². The number of carbonyl (C=O) groups is 1. The van der Waals surface area contributed by atoms with Crippen molar-refractivity contribution in [3.63, 3.8) is 0 Å². The SMILES string of the molecule is C=C(C)c1cccc(C(C)(C)NC(=O)NC2CCC(C)(C)C2)c1. The summed E-state index contributed by atoms with van der Waals surface area (Å²) in [6, 6.07) is 8.40. The summed E-state index contributed by atoms with van der Waals surface area (Å²) in [5.74, 6) is 0. The molecule has 126 valence electrons. The molecule has 0 radical (unpaired) electrons. The molecule has 0 bridgehead atoms. The lowest BCUT2D eigenvalue weighted by Gasteiger charge is -2.28.